The number of alkyl halides is 3. The van der Waals surface area contributed by atoms with Crippen molar-refractivity contribution in [1.82, 2.24) is 19.9 Å². The number of aliphatic carboxylic acids is 1. The number of rotatable bonds is 4. The van der Waals surface area contributed by atoms with E-state index in [0.717, 1.165) is 34.1 Å². The van der Waals surface area contributed by atoms with Crippen molar-refractivity contribution in [3.05, 3.63) is 90.1 Å². The third-order valence-corrected chi connectivity index (χ3v) is 5.50. The van der Waals surface area contributed by atoms with Gasteiger partial charge in [-0.1, -0.05) is 18.2 Å². The first kappa shape index (κ1) is 23.8. The van der Waals surface area contributed by atoms with Crippen LogP contribution >= 0.6 is 0 Å². The van der Waals surface area contributed by atoms with Crippen molar-refractivity contribution < 1.29 is 27.9 Å². The van der Waals surface area contributed by atoms with Gasteiger partial charge in [-0.15, -0.1) is 0 Å². The fraction of sp³-hybridized carbons (Fsp3) is 0.160. The van der Waals surface area contributed by atoms with Gasteiger partial charge in [0.25, 0.3) is 5.91 Å². The van der Waals surface area contributed by atoms with Crippen LogP contribution in [0.25, 0.3) is 22.0 Å². The highest BCUT2D eigenvalue weighted by Crippen LogP contribution is 2.31. The molecule has 35 heavy (non-hydrogen) atoms. The smallest absolute Gasteiger partial charge is 0.475 e. The maximum absolute atomic E-state index is 13.1. The minimum atomic E-state index is -5.08. The Labute approximate surface area is 197 Å². The van der Waals surface area contributed by atoms with Crippen LogP contribution in [-0.2, 0) is 17.8 Å². The second kappa shape index (κ2) is 9.88. The number of carboxylic acids is 1. The van der Waals surface area contributed by atoms with Gasteiger partial charge in [-0.2, -0.15) is 13.2 Å². The molecule has 1 aliphatic heterocycles. The number of carbonyl (C=O) groups is 2. The first-order valence-electron chi connectivity index (χ1n) is 10.6. The molecule has 0 radical (unpaired) electrons. The van der Waals surface area contributed by atoms with Gasteiger partial charge in [0.1, 0.15) is 0 Å². The van der Waals surface area contributed by atoms with Gasteiger partial charge in [0.05, 0.1) is 23.3 Å². The van der Waals surface area contributed by atoms with Gasteiger partial charge < -0.3 is 10.0 Å². The van der Waals surface area contributed by atoms with Crippen molar-refractivity contribution in [2.24, 2.45) is 0 Å². The summed E-state index contributed by atoms with van der Waals surface area (Å²) in [7, 11) is 0. The Kier molecular flexibility index (Phi) is 6.72. The van der Waals surface area contributed by atoms with Crippen LogP contribution in [0.1, 0.15) is 21.6 Å². The monoisotopic (exact) mass is 480 g/mol. The summed E-state index contributed by atoms with van der Waals surface area (Å²) in [5.74, 6) is -2.71. The van der Waals surface area contributed by atoms with Crippen LogP contribution in [0.15, 0.2) is 73.3 Å². The molecule has 1 aromatic carbocycles. The molecule has 0 bridgehead atoms. The molecule has 3 aromatic heterocycles. The quantitative estimate of drug-likeness (QED) is 0.461. The zero-order chi connectivity index (χ0) is 25.0. The average Bonchev–Trinajstić information content (AvgIpc) is 3.18. The lowest BCUT2D eigenvalue weighted by molar-refractivity contribution is -0.192. The Balaban J connectivity index is 0.000000364. The van der Waals surface area contributed by atoms with E-state index in [9.17, 15) is 18.0 Å². The molecule has 1 aliphatic rings. The summed E-state index contributed by atoms with van der Waals surface area (Å²) in [6.45, 7) is 1.20. The van der Waals surface area contributed by atoms with E-state index in [1.165, 1.54) is 5.56 Å². The van der Waals surface area contributed by atoms with Crippen molar-refractivity contribution in [2.75, 3.05) is 6.54 Å². The Morgan fingerprint density at radius 1 is 0.971 bits per heavy atom. The van der Waals surface area contributed by atoms with E-state index in [0.29, 0.717) is 18.7 Å². The number of hydrogen-bond donors (Lipinski definition) is 1. The molecule has 0 aliphatic carbocycles. The summed E-state index contributed by atoms with van der Waals surface area (Å²) in [5, 5.41) is 8.27. The number of fused-ring (bicyclic) bond motifs is 2. The van der Waals surface area contributed by atoms with E-state index in [1.54, 1.807) is 18.6 Å². The fourth-order valence-electron chi connectivity index (χ4n) is 3.86. The zero-order valence-electron chi connectivity index (χ0n) is 18.2. The maximum atomic E-state index is 13.1. The molecule has 1 N–H and O–H groups in total. The van der Waals surface area contributed by atoms with E-state index in [-0.39, 0.29) is 5.91 Å². The van der Waals surface area contributed by atoms with Crippen molar-refractivity contribution in [3.63, 3.8) is 0 Å². The van der Waals surface area contributed by atoms with Gasteiger partial charge in [0.15, 0.2) is 0 Å². The van der Waals surface area contributed by atoms with Gasteiger partial charge >= 0.3 is 12.1 Å². The molecule has 4 heterocycles. The highest BCUT2D eigenvalue weighted by atomic mass is 19.4. The number of hydrogen-bond acceptors (Lipinski definition) is 5. The third kappa shape index (κ3) is 5.26. The Morgan fingerprint density at radius 2 is 1.66 bits per heavy atom. The standard InChI is InChI=1S/C23H18N4O.C2HF3O2/c28-23-22-19(16-5-10-24-11-6-16)8-13-26-21(22)15-27(23)14-9-17-7-12-25-20-4-2-1-3-18(17)20;3-2(4,5)1(6)7/h1-8,10-13H,9,14-15H2;(H,6,7). The molecule has 0 atom stereocenters. The highest BCUT2D eigenvalue weighted by Gasteiger charge is 2.38. The Hall–Kier alpha value is -4.34. The number of para-hydroxylation sites is 1. The summed E-state index contributed by atoms with van der Waals surface area (Å²) in [6, 6.07) is 15.9. The van der Waals surface area contributed by atoms with Crippen molar-refractivity contribution >= 4 is 22.8 Å². The summed E-state index contributed by atoms with van der Waals surface area (Å²) in [6.07, 6.45) is 2.80. The van der Waals surface area contributed by atoms with Crippen LogP contribution in [0.3, 0.4) is 0 Å². The van der Waals surface area contributed by atoms with Crippen LogP contribution in [-0.4, -0.2) is 49.6 Å². The van der Waals surface area contributed by atoms with Gasteiger partial charge in [0.2, 0.25) is 0 Å². The summed E-state index contributed by atoms with van der Waals surface area (Å²) in [4.78, 5) is 36.9. The Morgan fingerprint density at radius 3 is 2.37 bits per heavy atom. The van der Waals surface area contributed by atoms with Crippen molar-refractivity contribution in [2.45, 2.75) is 19.1 Å². The molecule has 0 spiro atoms. The van der Waals surface area contributed by atoms with E-state index in [1.807, 2.05) is 53.6 Å². The largest absolute Gasteiger partial charge is 0.490 e. The lowest BCUT2D eigenvalue weighted by Crippen LogP contribution is -2.26. The number of carboxylic acid groups (broad SMARTS) is 1. The topological polar surface area (TPSA) is 96.3 Å². The lowest BCUT2D eigenvalue weighted by atomic mass is 10.0. The molecular weight excluding hydrogens is 461 g/mol. The van der Waals surface area contributed by atoms with E-state index >= 15 is 0 Å². The van der Waals surface area contributed by atoms with Crippen LogP contribution in [0.2, 0.25) is 0 Å². The molecule has 0 saturated heterocycles. The van der Waals surface area contributed by atoms with Gasteiger partial charge in [-0.3, -0.25) is 19.7 Å². The summed E-state index contributed by atoms with van der Waals surface area (Å²) in [5.41, 5.74) is 5.67. The number of halogens is 3. The van der Waals surface area contributed by atoms with E-state index in [4.69, 9.17) is 9.90 Å². The number of benzene rings is 1. The first-order chi connectivity index (χ1) is 16.8. The number of amides is 1. The number of nitrogens with zero attached hydrogens (tertiary/aromatic N) is 4. The third-order valence-electron chi connectivity index (χ3n) is 5.50. The van der Waals surface area contributed by atoms with Gasteiger partial charge in [-0.05, 0) is 53.4 Å². The molecule has 0 saturated carbocycles. The predicted molar refractivity (Wildman–Crippen MR) is 121 cm³/mol. The highest BCUT2D eigenvalue weighted by molar-refractivity contribution is 6.04. The van der Waals surface area contributed by atoms with Crippen molar-refractivity contribution in [3.8, 4) is 11.1 Å². The molecular formula is C25H19F3N4O3. The molecule has 7 nitrogen and oxygen atoms in total. The number of pyridine rings is 3. The molecule has 4 aromatic rings. The predicted octanol–water partition coefficient (Wildman–Crippen LogP) is 4.52. The zero-order valence-corrected chi connectivity index (χ0v) is 18.2. The molecule has 1 amide bonds. The second-order valence-electron chi connectivity index (χ2n) is 7.68. The minimum absolute atomic E-state index is 0.0493. The number of carbonyl (C=O) groups excluding carboxylic acids is 1. The van der Waals surface area contributed by atoms with Crippen LogP contribution < -0.4 is 0 Å². The lowest BCUT2D eigenvalue weighted by Gasteiger charge is -2.16. The van der Waals surface area contributed by atoms with Gasteiger partial charge in [0, 0.05) is 36.7 Å². The SMILES string of the molecule is O=C(O)C(F)(F)F.O=C1c2c(-c3ccncc3)ccnc2CN1CCc1ccnc2ccccc12. The fourth-order valence-corrected chi connectivity index (χ4v) is 3.86. The summed E-state index contributed by atoms with van der Waals surface area (Å²) < 4.78 is 31.7. The van der Waals surface area contributed by atoms with E-state index in [2.05, 4.69) is 21.0 Å². The Bertz CT molecular complexity index is 1370. The number of aromatic nitrogens is 3. The molecule has 0 fully saturated rings. The maximum Gasteiger partial charge on any atom is 0.490 e. The normalized spacial score (nSPS) is 12.8. The van der Waals surface area contributed by atoms with Crippen LogP contribution in [0.4, 0.5) is 13.2 Å². The van der Waals surface area contributed by atoms with Crippen molar-refractivity contribution in [1.29, 1.82) is 0 Å². The molecule has 5 rings (SSSR count). The van der Waals surface area contributed by atoms with E-state index < -0.39 is 12.1 Å². The first-order valence-corrected chi connectivity index (χ1v) is 10.6. The summed E-state index contributed by atoms with van der Waals surface area (Å²) >= 11 is 0. The second-order valence-corrected chi connectivity index (χ2v) is 7.68. The average molecular weight is 480 g/mol. The minimum Gasteiger partial charge on any atom is -0.475 e. The van der Waals surface area contributed by atoms with Crippen LogP contribution in [0.5, 0.6) is 0 Å². The molecule has 0 unspecified atom stereocenters. The molecule has 178 valence electrons. The van der Waals surface area contributed by atoms with Gasteiger partial charge in [-0.25, -0.2) is 4.79 Å². The van der Waals surface area contributed by atoms with Crippen LogP contribution in [0, 0.1) is 0 Å². The molecule has 10 heteroatoms.